The molecule has 6 nitrogen and oxygen atoms in total. The third-order valence-corrected chi connectivity index (χ3v) is 6.55. The zero-order valence-corrected chi connectivity index (χ0v) is 17.3. The zero-order valence-electron chi connectivity index (χ0n) is 15.6. The average Bonchev–Trinajstić information content (AvgIpc) is 3.17. The normalized spacial score (nSPS) is 11.6. The van der Waals surface area contributed by atoms with Gasteiger partial charge in [0.15, 0.2) is 0 Å². The molecule has 0 aliphatic heterocycles. The number of aromatic nitrogens is 1. The monoisotopic (exact) mass is 435 g/mol. The van der Waals surface area contributed by atoms with Crippen LogP contribution in [0.5, 0.6) is 0 Å². The van der Waals surface area contributed by atoms with Crippen LogP contribution < -0.4 is 10.0 Å². The second-order valence-corrected chi connectivity index (χ2v) is 9.05. The largest absolute Gasteiger partial charge is 0.321 e. The van der Waals surface area contributed by atoms with Crippen molar-refractivity contribution in [3.63, 3.8) is 0 Å². The van der Waals surface area contributed by atoms with Crippen molar-refractivity contribution in [1.29, 1.82) is 0 Å². The number of fused-ring (bicyclic) bond motifs is 1. The molecule has 1 amide bonds. The Morgan fingerprint density at radius 3 is 2.30 bits per heavy atom. The zero-order chi connectivity index (χ0) is 21.0. The number of benzene rings is 3. The Morgan fingerprint density at radius 1 is 0.867 bits per heavy atom. The lowest BCUT2D eigenvalue weighted by Crippen LogP contribution is -2.16. The maximum Gasteiger partial charge on any atom is 0.261 e. The fraction of sp³-hybridized carbons (Fsp3) is 0. The highest BCUT2D eigenvalue weighted by Gasteiger charge is 2.16. The molecule has 0 saturated heterocycles. The molecule has 150 valence electrons. The number of nitrogens with one attached hydrogen (secondary N) is 2. The van der Waals surface area contributed by atoms with E-state index in [1.54, 1.807) is 48.5 Å². The van der Waals surface area contributed by atoms with E-state index in [1.807, 2.05) is 24.3 Å². The second kappa shape index (κ2) is 8.48. The van der Waals surface area contributed by atoms with Gasteiger partial charge in [-0.25, -0.2) is 13.4 Å². The van der Waals surface area contributed by atoms with Crippen molar-refractivity contribution in [3.8, 4) is 0 Å². The number of rotatable bonds is 6. The van der Waals surface area contributed by atoms with Gasteiger partial charge in [-0.3, -0.25) is 9.52 Å². The summed E-state index contributed by atoms with van der Waals surface area (Å²) in [6.07, 6.45) is 3.01. The lowest BCUT2D eigenvalue weighted by atomic mass is 10.2. The van der Waals surface area contributed by atoms with Gasteiger partial charge in [0.05, 0.1) is 26.5 Å². The van der Waals surface area contributed by atoms with E-state index in [4.69, 9.17) is 0 Å². The van der Waals surface area contributed by atoms with Crippen LogP contribution in [0.3, 0.4) is 0 Å². The van der Waals surface area contributed by atoms with Gasteiger partial charge in [-0.2, -0.15) is 0 Å². The number of thiazole rings is 1. The molecule has 0 aliphatic carbocycles. The van der Waals surface area contributed by atoms with E-state index in [2.05, 4.69) is 15.0 Å². The highest BCUT2D eigenvalue weighted by molar-refractivity contribution is 7.92. The summed E-state index contributed by atoms with van der Waals surface area (Å²) in [6, 6.07) is 22.4. The van der Waals surface area contributed by atoms with E-state index in [0.29, 0.717) is 10.7 Å². The summed E-state index contributed by atoms with van der Waals surface area (Å²) in [4.78, 5) is 17.0. The van der Waals surface area contributed by atoms with Crippen LogP contribution in [0.15, 0.2) is 89.8 Å². The summed E-state index contributed by atoms with van der Waals surface area (Å²) in [5, 5.41) is 3.43. The molecule has 4 rings (SSSR count). The van der Waals surface area contributed by atoms with E-state index in [1.165, 1.54) is 29.5 Å². The molecule has 0 saturated carbocycles. The van der Waals surface area contributed by atoms with E-state index >= 15 is 0 Å². The van der Waals surface area contributed by atoms with Crippen LogP contribution in [0.4, 0.5) is 11.4 Å². The average molecular weight is 436 g/mol. The van der Waals surface area contributed by atoms with Crippen molar-refractivity contribution in [1.82, 2.24) is 4.98 Å². The fourth-order valence-electron chi connectivity index (χ4n) is 2.77. The topological polar surface area (TPSA) is 88.2 Å². The molecule has 0 atom stereocenters. The van der Waals surface area contributed by atoms with Crippen LogP contribution in [0, 0.1) is 0 Å². The molecule has 0 fully saturated rings. The smallest absolute Gasteiger partial charge is 0.261 e. The minimum atomic E-state index is -3.77. The molecule has 4 aromatic rings. The Hall–Kier alpha value is -3.49. The molecule has 3 aromatic carbocycles. The van der Waals surface area contributed by atoms with Crippen molar-refractivity contribution in [2.75, 3.05) is 10.0 Å². The summed E-state index contributed by atoms with van der Waals surface area (Å²) in [7, 11) is -3.77. The molecule has 0 aliphatic rings. The molecule has 2 N–H and O–H groups in total. The number of hydrogen-bond acceptors (Lipinski definition) is 5. The van der Waals surface area contributed by atoms with Crippen LogP contribution in [0.2, 0.25) is 0 Å². The molecule has 30 heavy (non-hydrogen) atoms. The molecular formula is C22H17N3O3S2. The first-order chi connectivity index (χ1) is 14.5. The van der Waals surface area contributed by atoms with Crippen LogP contribution in [-0.4, -0.2) is 19.3 Å². The number of carbonyl (C=O) groups excluding carboxylic acids is 1. The minimum Gasteiger partial charge on any atom is -0.321 e. The molecule has 0 radical (unpaired) electrons. The lowest BCUT2D eigenvalue weighted by Gasteiger charge is -2.12. The number of hydrogen-bond donors (Lipinski definition) is 2. The molecule has 0 unspecified atom stereocenters. The Kier molecular flexibility index (Phi) is 5.60. The number of anilines is 2. The third kappa shape index (κ3) is 4.56. The van der Waals surface area contributed by atoms with Gasteiger partial charge in [0.2, 0.25) is 5.91 Å². The second-order valence-electron chi connectivity index (χ2n) is 6.31. The van der Waals surface area contributed by atoms with E-state index in [9.17, 15) is 13.2 Å². The maximum atomic E-state index is 12.6. The van der Waals surface area contributed by atoms with E-state index in [-0.39, 0.29) is 16.5 Å². The predicted octanol–water partition coefficient (Wildman–Crippen LogP) is 4.75. The van der Waals surface area contributed by atoms with Crippen molar-refractivity contribution < 1.29 is 13.2 Å². The van der Waals surface area contributed by atoms with Crippen LogP contribution in [0.1, 0.15) is 5.01 Å². The number of sulfonamides is 1. The van der Waals surface area contributed by atoms with E-state index < -0.39 is 10.0 Å². The fourth-order valence-corrected chi connectivity index (χ4v) is 4.74. The summed E-state index contributed by atoms with van der Waals surface area (Å²) in [6.45, 7) is 0. The molecule has 1 heterocycles. The molecule has 0 bridgehead atoms. The Bertz CT molecular complexity index is 1300. The number of para-hydroxylation sites is 3. The van der Waals surface area contributed by atoms with Gasteiger partial charge in [-0.15, -0.1) is 11.3 Å². The van der Waals surface area contributed by atoms with Gasteiger partial charge >= 0.3 is 0 Å². The maximum absolute atomic E-state index is 12.6. The SMILES string of the molecule is O=C(/C=C/c1nc2ccccc2s1)Nc1ccccc1NS(=O)(=O)c1ccccc1. The highest BCUT2D eigenvalue weighted by Crippen LogP contribution is 2.25. The molecule has 0 spiro atoms. The van der Waals surface area contributed by atoms with Crippen LogP contribution in [0.25, 0.3) is 16.3 Å². The number of carbonyl (C=O) groups is 1. The van der Waals surface area contributed by atoms with Gasteiger partial charge in [0, 0.05) is 6.08 Å². The van der Waals surface area contributed by atoms with Crippen molar-refractivity contribution >= 4 is 54.9 Å². The third-order valence-electron chi connectivity index (χ3n) is 4.17. The van der Waals surface area contributed by atoms with Crippen molar-refractivity contribution in [2.24, 2.45) is 0 Å². The molecular weight excluding hydrogens is 418 g/mol. The summed E-state index contributed by atoms with van der Waals surface area (Å²) >= 11 is 1.48. The molecule has 1 aromatic heterocycles. The van der Waals surface area contributed by atoms with Gasteiger partial charge in [-0.1, -0.05) is 42.5 Å². The molecule has 8 heteroatoms. The predicted molar refractivity (Wildman–Crippen MR) is 121 cm³/mol. The Morgan fingerprint density at radius 2 is 1.53 bits per heavy atom. The van der Waals surface area contributed by atoms with Crippen LogP contribution in [-0.2, 0) is 14.8 Å². The lowest BCUT2D eigenvalue weighted by molar-refractivity contribution is -0.111. The quantitative estimate of drug-likeness (QED) is 0.428. The first-order valence-corrected chi connectivity index (χ1v) is 11.3. The van der Waals surface area contributed by atoms with Crippen molar-refractivity contribution in [3.05, 3.63) is 89.9 Å². The summed E-state index contributed by atoms with van der Waals surface area (Å²) in [5.41, 5.74) is 1.52. The van der Waals surface area contributed by atoms with Crippen molar-refractivity contribution in [2.45, 2.75) is 4.90 Å². The van der Waals surface area contributed by atoms with Gasteiger partial charge in [-0.05, 0) is 42.5 Å². The highest BCUT2D eigenvalue weighted by atomic mass is 32.2. The van der Waals surface area contributed by atoms with Gasteiger partial charge < -0.3 is 5.32 Å². The van der Waals surface area contributed by atoms with E-state index in [0.717, 1.165) is 10.2 Å². The Labute approximate surface area is 178 Å². The summed E-state index contributed by atoms with van der Waals surface area (Å²) in [5.74, 6) is -0.388. The summed E-state index contributed by atoms with van der Waals surface area (Å²) < 4.78 is 28.7. The standard InChI is InChI=1S/C22H17N3O3S2/c26-21(14-15-22-24-19-12-6-7-13-20(19)29-22)23-17-10-4-5-11-18(17)25-30(27,28)16-8-2-1-3-9-16/h1-15,25H,(H,23,26)/b15-14+. The first kappa shape index (κ1) is 19.8. The van der Waals surface area contributed by atoms with Gasteiger partial charge in [0.25, 0.3) is 10.0 Å². The first-order valence-electron chi connectivity index (χ1n) is 9.03. The number of amides is 1. The minimum absolute atomic E-state index is 0.141. The van der Waals surface area contributed by atoms with Crippen LogP contribution >= 0.6 is 11.3 Å². The Balaban J connectivity index is 1.50. The number of nitrogens with zero attached hydrogens (tertiary/aromatic N) is 1. The van der Waals surface area contributed by atoms with Gasteiger partial charge in [0.1, 0.15) is 5.01 Å².